The van der Waals surface area contributed by atoms with Crippen LogP contribution in [0.3, 0.4) is 0 Å². The van der Waals surface area contributed by atoms with Crippen molar-refractivity contribution < 1.29 is 14.1 Å². The van der Waals surface area contributed by atoms with E-state index < -0.39 is 0 Å². The number of rotatable bonds is 2. The third-order valence-electron chi connectivity index (χ3n) is 3.70. The van der Waals surface area contributed by atoms with E-state index in [1.165, 1.54) is 0 Å². The lowest BCUT2D eigenvalue weighted by molar-refractivity contribution is -0.0269. The molecule has 0 unspecified atom stereocenters. The number of aryl methyl sites for hydroxylation is 3. The molecule has 2 aromatic heterocycles. The van der Waals surface area contributed by atoms with E-state index in [0.29, 0.717) is 42.5 Å². The minimum Gasteiger partial charge on any atom is -0.367 e. The van der Waals surface area contributed by atoms with Crippen LogP contribution in [0.1, 0.15) is 39.4 Å². The standard InChI is InChI=1S/C15H18N4O3/c1-9-4-5-16-14(17-9)12-8-19(6-7-21-12)15(20)13-10(2)18-22-11(13)3/h4-5,12H,6-8H2,1-3H3/t12-/m1/s1. The zero-order valence-electron chi connectivity index (χ0n) is 12.9. The lowest BCUT2D eigenvalue weighted by Crippen LogP contribution is -2.43. The maximum Gasteiger partial charge on any atom is 0.259 e. The number of hydrogen-bond donors (Lipinski definition) is 0. The molecule has 1 aliphatic heterocycles. The fraction of sp³-hybridized carbons (Fsp3) is 0.467. The molecule has 1 aliphatic rings. The summed E-state index contributed by atoms with van der Waals surface area (Å²) in [7, 11) is 0. The van der Waals surface area contributed by atoms with Gasteiger partial charge in [0.15, 0.2) is 5.82 Å². The zero-order chi connectivity index (χ0) is 15.7. The quantitative estimate of drug-likeness (QED) is 0.838. The molecule has 0 aliphatic carbocycles. The Morgan fingerprint density at radius 2 is 2.18 bits per heavy atom. The summed E-state index contributed by atoms with van der Waals surface area (Å²) >= 11 is 0. The maximum absolute atomic E-state index is 12.7. The summed E-state index contributed by atoms with van der Waals surface area (Å²) in [6.07, 6.45) is 1.40. The first-order valence-electron chi connectivity index (χ1n) is 7.19. The lowest BCUT2D eigenvalue weighted by Gasteiger charge is -2.32. The first kappa shape index (κ1) is 14.6. The second kappa shape index (κ2) is 5.84. The molecule has 0 N–H and O–H groups in total. The molecule has 1 fully saturated rings. The zero-order valence-corrected chi connectivity index (χ0v) is 12.9. The molecule has 2 aromatic rings. The second-order valence-corrected chi connectivity index (χ2v) is 5.37. The number of amides is 1. The molecule has 3 heterocycles. The van der Waals surface area contributed by atoms with Crippen molar-refractivity contribution in [3.8, 4) is 0 Å². The molecule has 3 rings (SSSR count). The number of ether oxygens (including phenoxy) is 1. The summed E-state index contributed by atoms with van der Waals surface area (Å²) in [5.41, 5.74) is 2.02. The van der Waals surface area contributed by atoms with Crippen molar-refractivity contribution in [3.05, 3.63) is 40.8 Å². The monoisotopic (exact) mass is 302 g/mol. The van der Waals surface area contributed by atoms with Crippen LogP contribution in [-0.4, -0.2) is 45.6 Å². The van der Waals surface area contributed by atoms with Gasteiger partial charge in [-0.15, -0.1) is 0 Å². The molecule has 116 valence electrons. The van der Waals surface area contributed by atoms with Crippen LogP contribution in [0.15, 0.2) is 16.8 Å². The second-order valence-electron chi connectivity index (χ2n) is 5.37. The van der Waals surface area contributed by atoms with Gasteiger partial charge in [-0.3, -0.25) is 4.79 Å². The fourth-order valence-electron chi connectivity index (χ4n) is 2.56. The summed E-state index contributed by atoms with van der Waals surface area (Å²) in [5.74, 6) is 1.06. The van der Waals surface area contributed by atoms with E-state index in [2.05, 4.69) is 15.1 Å². The highest BCUT2D eigenvalue weighted by atomic mass is 16.5. The maximum atomic E-state index is 12.7. The van der Waals surface area contributed by atoms with Gasteiger partial charge in [0.25, 0.3) is 5.91 Å². The number of carbonyl (C=O) groups is 1. The van der Waals surface area contributed by atoms with Gasteiger partial charge in [-0.25, -0.2) is 9.97 Å². The van der Waals surface area contributed by atoms with Crippen molar-refractivity contribution in [2.45, 2.75) is 26.9 Å². The summed E-state index contributed by atoms with van der Waals surface area (Å²) in [4.78, 5) is 23.1. The van der Waals surface area contributed by atoms with Gasteiger partial charge in [0.2, 0.25) is 0 Å². The molecule has 1 saturated heterocycles. The normalized spacial score (nSPS) is 18.5. The first-order chi connectivity index (χ1) is 10.6. The topological polar surface area (TPSA) is 81.4 Å². The van der Waals surface area contributed by atoms with Crippen LogP contribution in [0.2, 0.25) is 0 Å². The highest BCUT2D eigenvalue weighted by molar-refractivity contribution is 5.96. The third kappa shape index (κ3) is 2.71. The number of hydrogen-bond acceptors (Lipinski definition) is 6. The van der Waals surface area contributed by atoms with E-state index in [0.717, 1.165) is 5.69 Å². The van der Waals surface area contributed by atoms with E-state index in [9.17, 15) is 4.79 Å². The average Bonchev–Trinajstić information content (AvgIpc) is 2.86. The van der Waals surface area contributed by atoms with Crippen LogP contribution >= 0.6 is 0 Å². The molecule has 1 amide bonds. The molecule has 0 aromatic carbocycles. The average molecular weight is 302 g/mol. The summed E-state index contributed by atoms with van der Waals surface area (Å²) in [6.45, 7) is 6.83. The fourth-order valence-corrected chi connectivity index (χ4v) is 2.56. The van der Waals surface area contributed by atoms with Crippen molar-refractivity contribution in [2.75, 3.05) is 19.7 Å². The number of aromatic nitrogens is 3. The van der Waals surface area contributed by atoms with Gasteiger partial charge < -0.3 is 14.2 Å². The molecule has 22 heavy (non-hydrogen) atoms. The highest BCUT2D eigenvalue weighted by Crippen LogP contribution is 2.22. The van der Waals surface area contributed by atoms with Crippen molar-refractivity contribution >= 4 is 5.91 Å². The van der Waals surface area contributed by atoms with Crippen LogP contribution in [0, 0.1) is 20.8 Å². The van der Waals surface area contributed by atoms with Gasteiger partial charge in [-0.2, -0.15) is 0 Å². The molecule has 0 saturated carbocycles. The van der Waals surface area contributed by atoms with E-state index in [-0.39, 0.29) is 12.0 Å². The van der Waals surface area contributed by atoms with Crippen LogP contribution in [0.25, 0.3) is 0 Å². The van der Waals surface area contributed by atoms with Crippen molar-refractivity contribution in [1.29, 1.82) is 0 Å². The summed E-state index contributed by atoms with van der Waals surface area (Å²) in [5, 5.41) is 3.84. The molecule has 0 spiro atoms. The van der Waals surface area contributed by atoms with Crippen molar-refractivity contribution in [3.63, 3.8) is 0 Å². The smallest absolute Gasteiger partial charge is 0.259 e. The molecule has 1 atom stereocenters. The van der Waals surface area contributed by atoms with Gasteiger partial charge in [-0.05, 0) is 26.8 Å². The van der Waals surface area contributed by atoms with Crippen molar-refractivity contribution in [1.82, 2.24) is 20.0 Å². The Balaban J connectivity index is 1.80. The van der Waals surface area contributed by atoms with Gasteiger partial charge in [0.1, 0.15) is 17.4 Å². The molecule has 0 bridgehead atoms. The third-order valence-corrected chi connectivity index (χ3v) is 3.70. The van der Waals surface area contributed by atoms with Crippen LogP contribution in [0.5, 0.6) is 0 Å². The largest absolute Gasteiger partial charge is 0.367 e. The number of nitrogens with zero attached hydrogens (tertiary/aromatic N) is 4. The van der Waals surface area contributed by atoms with E-state index in [1.807, 2.05) is 13.0 Å². The SMILES string of the molecule is Cc1ccnc([C@H]2CN(C(=O)c3c(C)noc3C)CCO2)n1. The van der Waals surface area contributed by atoms with Gasteiger partial charge >= 0.3 is 0 Å². The van der Waals surface area contributed by atoms with Crippen LogP contribution in [-0.2, 0) is 4.74 Å². The summed E-state index contributed by atoms with van der Waals surface area (Å²) < 4.78 is 10.8. The van der Waals surface area contributed by atoms with Gasteiger partial charge in [0.05, 0.1) is 18.8 Å². The number of carbonyl (C=O) groups excluding carboxylic acids is 1. The van der Waals surface area contributed by atoms with Gasteiger partial charge in [-0.1, -0.05) is 5.16 Å². The minimum absolute atomic E-state index is 0.0859. The number of morpholine rings is 1. The minimum atomic E-state index is -0.307. The molecular formula is C15H18N4O3. The Bertz CT molecular complexity index is 678. The van der Waals surface area contributed by atoms with E-state index in [4.69, 9.17) is 9.26 Å². The Kier molecular flexibility index (Phi) is 3.89. The lowest BCUT2D eigenvalue weighted by atomic mass is 10.1. The van der Waals surface area contributed by atoms with Crippen LogP contribution < -0.4 is 0 Å². The Morgan fingerprint density at radius 1 is 1.36 bits per heavy atom. The molecule has 0 radical (unpaired) electrons. The first-order valence-corrected chi connectivity index (χ1v) is 7.19. The van der Waals surface area contributed by atoms with Gasteiger partial charge in [0, 0.05) is 18.4 Å². The Morgan fingerprint density at radius 3 is 2.86 bits per heavy atom. The Labute approximate surface area is 128 Å². The predicted octanol–water partition coefficient (Wildman–Crippen LogP) is 1.60. The predicted molar refractivity (Wildman–Crippen MR) is 77.3 cm³/mol. The Hall–Kier alpha value is -2.28. The molecule has 7 nitrogen and oxygen atoms in total. The van der Waals surface area contributed by atoms with Crippen LogP contribution in [0.4, 0.5) is 0 Å². The van der Waals surface area contributed by atoms with Crippen molar-refractivity contribution in [2.24, 2.45) is 0 Å². The highest BCUT2D eigenvalue weighted by Gasteiger charge is 2.30. The van der Waals surface area contributed by atoms with E-state index >= 15 is 0 Å². The molecular weight excluding hydrogens is 284 g/mol. The molecule has 7 heteroatoms. The van der Waals surface area contributed by atoms with E-state index in [1.54, 1.807) is 24.9 Å². The summed E-state index contributed by atoms with van der Waals surface area (Å²) in [6, 6.07) is 1.83.